The van der Waals surface area contributed by atoms with E-state index in [0.717, 1.165) is 0 Å². The number of aliphatic hydroxyl groups excluding tert-OH is 1. The Bertz CT molecular complexity index is 543. The van der Waals surface area contributed by atoms with Crippen molar-refractivity contribution in [3.63, 3.8) is 0 Å². The Morgan fingerprint density at radius 2 is 2.00 bits per heavy atom. The minimum absolute atomic E-state index is 0.0535. The second-order valence-electron chi connectivity index (χ2n) is 3.77. The van der Waals surface area contributed by atoms with Gasteiger partial charge in [0.05, 0.1) is 0 Å². The van der Waals surface area contributed by atoms with E-state index in [-0.39, 0.29) is 11.5 Å². The molecule has 0 saturated heterocycles. The van der Waals surface area contributed by atoms with Crippen LogP contribution in [0.15, 0.2) is 36.5 Å². The van der Waals surface area contributed by atoms with Crippen LogP contribution in [0.2, 0.25) is 0 Å². The Morgan fingerprint density at radius 3 is 2.65 bits per heavy atom. The molecule has 4 heteroatoms. The largest absolute Gasteiger partial charge is 0.382 e. The lowest BCUT2D eigenvalue weighted by molar-refractivity contribution is 0.208. The summed E-state index contributed by atoms with van der Waals surface area (Å²) in [7, 11) is 0. The summed E-state index contributed by atoms with van der Waals surface area (Å²) in [4.78, 5) is 3.80. The van der Waals surface area contributed by atoms with E-state index >= 15 is 0 Å². The van der Waals surface area contributed by atoms with Crippen LogP contribution < -0.4 is 0 Å². The number of aliphatic hydroxyl groups is 1. The van der Waals surface area contributed by atoms with Gasteiger partial charge in [-0.2, -0.15) is 0 Å². The molecule has 0 bridgehead atoms. The van der Waals surface area contributed by atoms with E-state index in [2.05, 4.69) is 4.98 Å². The van der Waals surface area contributed by atoms with Gasteiger partial charge in [0.2, 0.25) is 0 Å². The number of rotatable bonds is 2. The number of halogens is 2. The number of aryl methyl sites for hydroxylation is 1. The summed E-state index contributed by atoms with van der Waals surface area (Å²) in [6.45, 7) is 1.66. The SMILES string of the molecule is Cc1cc(F)ccc1C(O)c1ncccc1F. The zero-order chi connectivity index (χ0) is 12.4. The zero-order valence-electron chi connectivity index (χ0n) is 9.19. The molecular formula is C13H11F2NO. The zero-order valence-corrected chi connectivity index (χ0v) is 9.19. The number of pyridine rings is 1. The summed E-state index contributed by atoms with van der Waals surface area (Å²) in [5.41, 5.74) is 0.953. The van der Waals surface area contributed by atoms with Crippen LogP contribution in [0.1, 0.15) is 22.9 Å². The van der Waals surface area contributed by atoms with Crippen LogP contribution in [0, 0.1) is 18.6 Å². The summed E-state index contributed by atoms with van der Waals surface area (Å²) < 4.78 is 26.4. The van der Waals surface area contributed by atoms with Crippen molar-refractivity contribution in [1.29, 1.82) is 0 Å². The van der Waals surface area contributed by atoms with Crippen molar-refractivity contribution in [3.05, 3.63) is 65.0 Å². The number of aromatic nitrogens is 1. The van der Waals surface area contributed by atoms with Gasteiger partial charge < -0.3 is 5.11 Å². The van der Waals surface area contributed by atoms with Gasteiger partial charge in [-0.15, -0.1) is 0 Å². The molecular weight excluding hydrogens is 224 g/mol. The molecule has 2 aromatic rings. The Balaban J connectivity index is 2.44. The van der Waals surface area contributed by atoms with E-state index in [1.54, 1.807) is 6.92 Å². The molecule has 1 N–H and O–H groups in total. The fraction of sp³-hybridized carbons (Fsp3) is 0.154. The van der Waals surface area contributed by atoms with Gasteiger partial charge in [-0.25, -0.2) is 8.78 Å². The van der Waals surface area contributed by atoms with E-state index in [9.17, 15) is 13.9 Å². The molecule has 0 radical (unpaired) electrons. The smallest absolute Gasteiger partial charge is 0.147 e. The average Bonchev–Trinajstić information content (AvgIpc) is 2.29. The van der Waals surface area contributed by atoms with Crippen molar-refractivity contribution >= 4 is 0 Å². The van der Waals surface area contributed by atoms with Crippen LogP contribution in [-0.4, -0.2) is 10.1 Å². The van der Waals surface area contributed by atoms with Gasteiger partial charge in [-0.1, -0.05) is 6.07 Å². The van der Waals surface area contributed by atoms with E-state index < -0.39 is 11.9 Å². The second kappa shape index (κ2) is 4.59. The highest BCUT2D eigenvalue weighted by molar-refractivity contribution is 5.33. The van der Waals surface area contributed by atoms with Gasteiger partial charge in [-0.3, -0.25) is 4.98 Å². The minimum atomic E-state index is -1.18. The van der Waals surface area contributed by atoms with Gasteiger partial charge in [0.25, 0.3) is 0 Å². The van der Waals surface area contributed by atoms with E-state index in [1.807, 2.05) is 0 Å². The summed E-state index contributed by atoms with van der Waals surface area (Å²) >= 11 is 0. The van der Waals surface area contributed by atoms with Crippen LogP contribution in [0.4, 0.5) is 8.78 Å². The van der Waals surface area contributed by atoms with Crippen molar-refractivity contribution in [2.75, 3.05) is 0 Å². The molecule has 1 atom stereocenters. The lowest BCUT2D eigenvalue weighted by atomic mass is 10.0. The predicted octanol–water partition coefficient (Wildman–Crippen LogP) is 2.75. The molecule has 0 saturated carbocycles. The standard InChI is InChI=1S/C13H11F2NO/c1-8-7-9(14)4-5-10(8)13(17)12-11(15)3-2-6-16-12/h2-7,13,17H,1H3. The van der Waals surface area contributed by atoms with Gasteiger partial charge in [0, 0.05) is 6.20 Å². The van der Waals surface area contributed by atoms with Crippen molar-refractivity contribution in [1.82, 2.24) is 4.98 Å². The monoisotopic (exact) mass is 235 g/mol. The first-order valence-electron chi connectivity index (χ1n) is 5.14. The average molecular weight is 235 g/mol. The Hall–Kier alpha value is -1.81. The Kier molecular flexibility index (Phi) is 3.15. The van der Waals surface area contributed by atoms with Crippen LogP contribution >= 0.6 is 0 Å². The molecule has 2 nitrogen and oxygen atoms in total. The van der Waals surface area contributed by atoms with E-state index in [4.69, 9.17) is 0 Å². The molecule has 0 aliphatic heterocycles. The van der Waals surface area contributed by atoms with Gasteiger partial charge in [-0.05, 0) is 42.3 Å². The fourth-order valence-electron chi connectivity index (χ4n) is 1.69. The maximum atomic E-state index is 13.4. The highest BCUT2D eigenvalue weighted by atomic mass is 19.1. The molecule has 0 aliphatic rings. The van der Waals surface area contributed by atoms with E-state index in [0.29, 0.717) is 11.1 Å². The molecule has 17 heavy (non-hydrogen) atoms. The maximum Gasteiger partial charge on any atom is 0.147 e. The highest BCUT2D eigenvalue weighted by Gasteiger charge is 2.18. The van der Waals surface area contributed by atoms with Crippen molar-refractivity contribution in [3.8, 4) is 0 Å². The Morgan fingerprint density at radius 1 is 1.24 bits per heavy atom. The second-order valence-corrected chi connectivity index (χ2v) is 3.77. The third-order valence-corrected chi connectivity index (χ3v) is 2.57. The van der Waals surface area contributed by atoms with Crippen LogP contribution in [0.3, 0.4) is 0 Å². The third kappa shape index (κ3) is 2.31. The van der Waals surface area contributed by atoms with Crippen LogP contribution in [-0.2, 0) is 0 Å². The molecule has 0 aliphatic carbocycles. The molecule has 1 unspecified atom stereocenters. The van der Waals surface area contributed by atoms with Crippen molar-refractivity contribution in [2.45, 2.75) is 13.0 Å². The molecule has 1 heterocycles. The van der Waals surface area contributed by atoms with Crippen LogP contribution in [0.25, 0.3) is 0 Å². The van der Waals surface area contributed by atoms with Gasteiger partial charge >= 0.3 is 0 Å². The summed E-state index contributed by atoms with van der Waals surface area (Å²) in [5, 5.41) is 10.0. The number of hydrogen-bond donors (Lipinski definition) is 1. The molecule has 1 aromatic carbocycles. The molecule has 88 valence electrons. The summed E-state index contributed by atoms with van der Waals surface area (Å²) in [6, 6.07) is 6.63. The first kappa shape index (κ1) is 11.7. The summed E-state index contributed by atoms with van der Waals surface area (Å²) in [5.74, 6) is -0.969. The molecule has 0 amide bonds. The first-order chi connectivity index (χ1) is 8.09. The normalized spacial score (nSPS) is 12.5. The number of benzene rings is 1. The fourth-order valence-corrected chi connectivity index (χ4v) is 1.69. The number of hydrogen-bond acceptors (Lipinski definition) is 2. The number of nitrogens with zero attached hydrogens (tertiary/aromatic N) is 1. The van der Waals surface area contributed by atoms with Gasteiger partial charge in [0.1, 0.15) is 23.4 Å². The van der Waals surface area contributed by atoms with Crippen LogP contribution in [0.5, 0.6) is 0 Å². The van der Waals surface area contributed by atoms with Crippen molar-refractivity contribution < 1.29 is 13.9 Å². The summed E-state index contributed by atoms with van der Waals surface area (Å²) in [6.07, 6.45) is 0.220. The first-order valence-corrected chi connectivity index (χ1v) is 5.14. The molecule has 0 fully saturated rings. The molecule has 2 rings (SSSR count). The maximum absolute atomic E-state index is 13.4. The highest BCUT2D eigenvalue weighted by Crippen LogP contribution is 2.25. The minimum Gasteiger partial charge on any atom is -0.382 e. The van der Waals surface area contributed by atoms with Crippen molar-refractivity contribution in [2.24, 2.45) is 0 Å². The molecule has 1 aromatic heterocycles. The lowest BCUT2D eigenvalue weighted by Crippen LogP contribution is -2.07. The van der Waals surface area contributed by atoms with E-state index in [1.165, 1.54) is 36.5 Å². The Labute approximate surface area is 97.6 Å². The predicted molar refractivity (Wildman–Crippen MR) is 59.4 cm³/mol. The topological polar surface area (TPSA) is 33.1 Å². The third-order valence-electron chi connectivity index (χ3n) is 2.57. The van der Waals surface area contributed by atoms with Gasteiger partial charge in [0.15, 0.2) is 0 Å². The lowest BCUT2D eigenvalue weighted by Gasteiger charge is -2.13. The quantitative estimate of drug-likeness (QED) is 0.868. The molecule has 0 spiro atoms.